The summed E-state index contributed by atoms with van der Waals surface area (Å²) in [5, 5.41) is 13.0. The number of piperidine rings is 1. The van der Waals surface area contributed by atoms with E-state index in [0.717, 1.165) is 13.1 Å². The summed E-state index contributed by atoms with van der Waals surface area (Å²) in [5.41, 5.74) is 1.18. The number of nitrogens with zero attached hydrogens (tertiary/aromatic N) is 1. The van der Waals surface area contributed by atoms with Crippen LogP contribution in [0.15, 0.2) is 24.3 Å². The SMILES string of the molecule is CC(c1cccc(O)c1)N(C)C1CCCNC1. The largest absolute Gasteiger partial charge is 0.508 e. The number of likely N-dealkylation sites (N-methyl/N-ethyl adjacent to an activating group) is 1. The zero-order valence-electron chi connectivity index (χ0n) is 10.7. The number of phenols is 1. The maximum Gasteiger partial charge on any atom is 0.115 e. The molecule has 2 atom stereocenters. The van der Waals surface area contributed by atoms with Crippen molar-refractivity contribution in [2.75, 3.05) is 20.1 Å². The number of hydrogen-bond acceptors (Lipinski definition) is 3. The third kappa shape index (κ3) is 2.99. The van der Waals surface area contributed by atoms with Crippen LogP contribution in [0.1, 0.15) is 31.4 Å². The van der Waals surface area contributed by atoms with E-state index in [-0.39, 0.29) is 0 Å². The second-order valence-electron chi connectivity index (χ2n) is 4.94. The molecule has 2 unspecified atom stereocenters. The Hall–Kier alpha value is -1.06. The minimum atomic E-state index is 0.340. The van der Waals surface area contributed by atoms with Crippen LogP contribution in [0.2, 0.25) is 0 Å². The first-order valence-corrected chi connectivity index (χ1v) is 6.40. The van der Waals surface area contributed by atoms with Crippen LogP contribution in [0.5, 0.6) is 5.75 Å². The lowest BCUT2D eigenvalue weighted by molar-refractivity contribution is 0.156. The fraction of sp³-hybridized carbons (Fsp3) is 0.571. The number of aromatic hydroxyl groups is 1. The Kier molecular flexibility index (Phi) is 4.02. The van der Waals surface area contributed by atoms with Crippen LogP contribution in [-0.2, 0) is 0 Å². The van der Waals surface area contributed by atoms with Gasteiger partial charge in [0.1, 0.15) is 5.75 Å². The molecular weight excluding hydrogens is 212 g/mol. The third-order valence-electron chi connectivity index (χ3n) is 3.81. The Balaban J connectivity index is 2.05. The lowest BCUT2D eigenvalue weighted by Crippen LogP contribution is -2.45. The van der Waals surface area contributed by atoms with E-state index < -0.39 is 0 Å². The van der Waals surface area contributed by atoms with E-state index in [2.05, 4.69) is 30.3 Å². The number of rotatable bonds is 3. The Morgan fingerprint density at radius 1 is 1.47 bits per heavy atom. The molecule has 1 fully saturated rings. The topological polar surface area (TPSA) is 35.5 Å². The van der Waals surface area contributed by atoms with Gasteiger partial charge in [-0.05, 0) is 51.1 Å². The van der Waals surface area contributed by atoms with Crippen LogP contribution in [0.25, 0.3) is 0 Å². The van der Waals surface area contributed by atoms with E-state index in [4.69, 9.17) is 0 Å². The minimum absolute atomic E-state index is 0.340. The van der Waals surface area contributed by atoms with Crippen molar-refractivity contribution in [3.63, 3.8) is 0 Å². The first-order valence-electron chi connectivity index (χ1n) is 6.40. The predicted octanol–water partition coefficient (Wildman–Crippen LogP) is 2.14. The highest BCUT2D eigenvalue weighted by Gasteiger charge is 2.22. The molecule has 1 saturated heterocycles. The molecule has 0 spiro atoms. The highest BCUT2D eigenvalue weighted by atomic mass is 16.3. The van der Waals surface area contributed by atoms with Crippen molar-refractivity contribution >= 4 is 0 Å². The highest BCUT2D eigenvalue weighted by Crippen LogP contribution is 2.25. The molecule has 1 aromatic rings. The average molecular weight is 234 g/mol. The van der Waals surface area contributed by atoms with E-state index in [0.29, 0.717) is 17.8 Å². The van der Waals surface area contributed by atoms with Crippen molar-refractivity contribution in [3.8, 4) is 5.75 Å². The van der Waals surface area contributed by atoms with E-state index in [1.807, 2.05) is 12.1 Å². The van der Waals surface area contributed by atoms with Crippen molar-refractivity contribution in [2.45, 2.75) is 31.8 Å². The molecule has 0 aliphatic carbocycles. The molecular formula is C14H22N2O. The predicted molar refractivity (Wildman–Crippen MR) is 70.2 cm³/mol. The van der Waals surface area contributed by atoms with Gasteiger partial charge in [0.05, 0.1) is 0 Å². The molecule has 0 radical (unpaired) electrons. The van der Waals surface area contributed by atoms with Crippen molar-refractivity contribution in [1.82, 2.24) is 10.2 Å². The fourth-order valence-corrected chi connectivity index (χ4v) is 2.52. The number of phenolic OH excluding ortho intramolecular Hbond substituents is 1. The van der Waals surface area contributed by atoms with Crippen LogP contribution < -0.4 is 5.32 Å². The Morgan fingerprint density at radius 3 is 2.94 bits per heavy atom. The molecule has 2 N–H and O–H groups in total. The van der Waals surface area contributed by atoms with E-state index in [9.17, 15) is 5.11 Å². The number of benzene rings is 1. The fourth-order valence-electron chi connectivity index (χ4n) is 2.52. The van der Waals surface area contributed by atoms with E-state index in [1.165, 1.54) is 18.4 Å². The molecule has 1 aromatic carbocycles. The molecule has 2 rings (SSSR count). The molecule has 0 amide bonds. The standard InChI is InChI=1S/C14H22N2O/c1-11(12-5-3-7-14(17)9-12)16(2)13-6-4-8-15-10-13/h3,5,7,9,11,13,15,17H,4,6,8,10H2,1-2H3. The first-order chi connectivity index (χ1) is 8.18. The number of hydrogen-bond donors (Lipinski definition) is 2. The van der Waals surface area contributed by atoms with Crippen molar-refractivity contribution in [1.29, 1.82) is 0 Å². The molecule has 0 aromatic heterocycles. The van der Waals surface area contributed by atoms with Gasteiger partial charge in [-0.15, -0.1) is 0 Å². The highest BCUT2D eigenvalue weighted by molar-refractivity contribution is 5.29. The molecule has 0 saturated carbocycles. The van der Waals surface area contributed by atoms with Crippen LogP contribution in [-0.4, -0.2) is 36.2 Å². The smallest absolute Gasteiger partial charge is 0.115 e. The van der Waals surface area contributed by atoms with E-state index in [1.54, 1.807) is 6.07 Å². The van der Waals surface area contributed by atoms with Gasteiger partial charge in [-0.25, -0.2) is 0 Å². The molecule has 0 bridgehead atoms. The van der Waals surface area contributed by atoms with Gasteiger partial charge in [0.2, 0.25) is 0 Å². The summed E-state index contributed by atoms with van der Waals surface area (Å²) >= 11 is 0. The maximum atomic E-state index is 9.52. The Morgan fingerprint density at radius 2 is 2.29 bits per heavy atom. The summed E-state index contributed by atoms with van der Waals surface area (Å²) < 4.78 is 0. The normalized spacial score (nSPS) is 22.6. The average Bonchev–Trinajstić information content (AvgIpc) is 2.38. The van der Waals surface area contributed by atoms with Gasteiger partial charge < -0.3 is 10.4 Å². The molecule has 3 heteroatoms. The van der Waals surface area contributed by atoms with Crippen LogP contribution in [0, 0.1) is 0 Å². The van der Waals surface area contributed by atoms with Crippen LogP contribution in [0.4, 0.5) is 0 Å². The molecule has 17 heavy (non-hydrogen) atoms. The summed E-state index contributed by atoms with van der Waals surface area (Å²) in [7, 11) is 2.17. The van der Waals surface area contributed by atoms with Crippen LogP contribution >= 0.6 is 0 Å². The van der Waals surface area contributed by atoms with Gasteiger partial charge in [-0.1, -0.05) is 12.1 Å². The summed E-state index contributed by atoms with van der Waals surface area (Å²) in [6.07, 6.45) is 2.51. The lowest BCUT2D eigenvalue weighted by atomic mass is 10.0. The molecule has 1 aliphatic rings. The molecule has 3 nitrogen and oxygen atoms in total. The van der Waals surface area contributed by atoms with Crippen molar-refractivity contribution in [3.05, 3.63) is 29.8 Å². The second-order valence-corrected chi connectivity index (χ2v) is 4.94. The summed E-state index contributed by atoms with van der Waals surface area (Å²) in [4.78, 5) is 2.40. The first kappa shape index (κ1) is 12.4. The van der Waals surface area contributed by atoms with E-state index >= 15 is 0 Å². The van der Waals surface area contributed by atoms with Gasteiger partial charge in [-0.3, -0.25) is 4.90 Å². The Bertz CT molecular complexity index is 361. The zero-order chi connectivity index (χ0) is 12.3. The van der Waals surface area contributed by atoms with Gasteiger partial charge >= 0.3 is 0 Å². The Labute approximate surface area is 103 Å². The second kappa shape index (κ2) is 5.52. The van der Waals surface area contributed by atoms with Gasteiger partial charge in [0.15, 0.2) is 0 Å². The third-order valence-corrected chi connectivity index (χ3v) is 3.81. The molecule has 1 heterocycles. The van der Waals surface area contributed by atoms with Crippen molar-refractivity contribution in [2.24, 2.45) is 0 Å². The lowest BCUT2D eigenvalue weighted by Gasteiger charge is -2.36. The van der Waals surface area contributed by atoms with Crippen molar-refractivity contribution < 1.29 is 5.11 Å². The van der Waals surface area contributed by atoms with Gasteiger partial charge in [-0.2, -0.15) is 0 Å². The monoisotopic (exact) mass is 234 g/mol. The molecule has 94 valence electrons. The maximum absolute atomic E-state index is 9.52. The summed E-state index contributed by atoms with van der Waals surface area (Å²) in [6.45, 7) is 4.41. The number of nitrogens with one attached hydrogen (secondary N) is 1. The molecule has 1 aliphatic heterocycles. The zero-order valence-corrected chi connectivity index (χ0v) is 10.7. The summed E-state index contributed by atoms with van der Waals surface area (Å²) in [5.74, 6) is 0.351. The summed E-state index contributed by atoms with van der Waals surface area (Å²) in [6, 6.07) is 8.51. The quantitative estimate of drug-likeness (QED) is 0.841. The van der Waals surface area contributed by atoms with Crippen LogP contribution in [0.3, 0.4) is 0 Å². The minimum Gasteiger partial charge on any atom is -0.508 e. The van der Waals surface area contributed by atoms with Gasteiger partial charge in [0.25, 0.3) is 0 Å². The van der Waals surface area contributed by atoms with Gasteiger partial charge in [0, 0.05) is 18.6 Å².